The molecule has 0 saturated carbocycles. The molecule has 0 saturated heterocycles. The molecule has 0 rings (SSSR count). The minimum Gasteiger partial charge on any atom is -0.462 e. The van der Waals surface area contributed by atoms with E-state index in [2.05, 4.69) is 125 Å². The SMILES string of the molecule is CC/C=C\C/C=C\C/C=C\CCCCCCCC(=O)OC(COC(=O)CCCCCCCC/C=C\C/C=C\C/C=C\CCCCC)COP(=O)(O)OCC(O)COP(=O)(O)OCC(COC(=O)CCCCCCC/C=C\C/C=C\CCC)OC(=O)CCCCCCCCCCCCCCC. The molecule has 19 heteroatoms. The van der Waals surface area contributed by atoms with Crippen LogP contribution in [0.25, 0.3) is 0 Å². The van der Waals surface area contributed by atoms with Crippen LogP contribution in [0, 0.1) is 0 Å². The van der Waals surface area contributed by atoms with Gasteiger partial charge in [-0.1, -0.05) is 285 Å². The summed E-state index contributed by atoms with van der Waals surface area (Å²) in [6.07, 6.45) is 76.7. The van der Waals surface area contributed by atoms with E-state index in [0.717, 1.165) is 186 Å². The van der Waals surface area contributed by atoms with Crippen LogP contribution in [0.15, 0.2) is 97.2 Å². The third kappa shape index (κ3) is 72.3. The van der Waals surface area contributed by atoms with Crippen molar-refractivity contribution in [2.45, 2.75) is 354 Å². The Morgan fingerprint density at radius 1 is 0.290 bits per heavy atom. The highest BCUT2D eigenvalue weighted by Gasteiger charge is 2.30. The average molecular weight is 1450 g/mol. The van der Waals surface area contributed by atoms with Gasteiger partial charge in [-0.05, 0) is 122 Å². The molecule has 5 atom stereocenters. The number of aliphatic hydroxyl groups excluding tert-OH is 1. The number of hydrogen-bond donors (Lipinski definition) is 3. The van der Waals surface area contributed by atoms with E-state index in [9.17, 15) is 43.2 Å². The molecule has 0 aromatic rings. The summed E-state index contributed by atoms with van der Waals surface area (Å²) in [5.74, 6) is -2.21. The lowest BCUT2D eigenvalue weighted by molar-refractivity contribution is -0.161. The number of ether oxygens (including phenoxy) is 4. The first-order valence-corrected chi connectivity index (χ1v) is 42.5. The number of aliphatic hydroxyl groups is 1. The van der Waals surface area contributed by atoms with Crippen molar-refractivity contribution in [1.29, 1.82) is 0 Å². The molecule has 5 unspecified atom stereocenters. The Bertz CT molecular complexity index is 2270. The Kier molecular flexibility index (Phi) is 70.4. The summed E-state index contributed by atoms with van der Waals surface area (Å²) < 4.78 is 68.5. The van der Waals surface area contributed by atoms with Crippen LogP contribution in [0.3, 0.4) is 0 Å². The fourth-order valence-electron chi connectivity index (χ4n) is 10.5. The largest absolute Gasteiger partial charge is 0.472 e. The Morgan fingerprint density at radius 3 is 0.860 bits per heavy atom. The summed E-state index contributed by atoms with van der Waals surface area (Å²) in [7, 11) is -9.96. The molecule has 0 aromatic carbocycles. The van der Waals surface area contributed by atoms with Crippen LogP contribution in [0.1, 0.15) is 336 Å². The molecule has 578 valence electrons. The Morgan fingerprint density at radius 2 is 0.540 bits per heavy atom. The van der Waals surface area contributed by atoms with E-state index in [1.165, 1.54) is 70.6 Å². The minimum absolute atomic E-state index is 0.0724. The van der Waals surface area contributed by atoms with Crippen molar-refractivity contribution in [2.75, 3.05) is 39.6 Å². The Labute approximate surface area is 607 Å². The van der Waals surface area contributed by atoms with Crippen LogP contribution in [0.2, 0.25) is 0 Å². The lowest BCUT2D eigenvalue weighted by Crippen LogP contribution is -2.30. The number of phosphoric ester groups is 2. The van der Waals surface area contributed by atoms with Crippen LogP contribution in [-0.4, -0.2) is 96.7 Å². The highest BCUT2D eigenvalue weighted by atomic mass is 31.2. The summed E-state index contributed by atoms with van der Waals surface area (Å²) in [5.41, 5.74) is 0. The summed E-state index contributed by atoms with van der Waals surface area (Å²) in [4.78, 5) is 72.9. The van der Waals surface area contributed by atoms with Crippen LogP contribution < -0.4 is 0 Å². The molecule has 0 aliphatic rings. The van der Waals surface area contributed by atoms with Crippen molar-refractivity contribution in [3.05, 3.63) is 97.2 Å². The van der Waals surface area contributed by atoms with Gasteiger partial charge in [-0.3, -0.25) is 37.3 Å². The molecule has 0 fully saturated rings. The van der Waals surface area contributed by atoms with Crippen LogP contribution in [0.4, 0.5) is 0 Å². The van der Waals surface area contributed by atoms with E-state index >= 15 is 0 Å². The number of esters is 4. The highest BCUT2D eigenvalue weighted by Crippen LogP contribution is 2.45. The summed E-state index contributed by atoms with van der Waals surface area (Å²) in [6, 6.07) is 0. The molecule has 0 aromatic heterocycles. The lowest BCUT2D eigenvalue weighted by Gasteiger charge is -2.21. The maximum Gasteiger partial charge on any atom is 0.472 e. The van der Waals surface area contributed by atoms with Crippen molar-refractivity contribution in [1.82, 2.24) is 0 Å². The molecule has 0 radical (unpaired) electrons. The number of carbonyl (C=O) groups is 4. The maximum absolute atomic E-state index is 13.1. The highest BCUT2D eigenvalue weighted by molar-refractivity contribution is 7.47. The third-order valence-electron chi connectivity index (χ3n) is 16.5. The molecule has 3 N–H and O–H groups in total. The van der Waals surface area contributed by atoms with Gasteiger partial charge in [0.1, 0.15) is 19.3 Å². The quantitative estimate of drug-likeness (QED) is 0.0169. The van der Waals surface area contributed by atoms with Crippen LogP contribution >= 0.6 is 15.6 Å². The van der Waals surface area contributed by atoms with Gasteiger partial charge in [0.2, 0.25) is 0 Å². The molecule has 0 heterocycles. The van der Waals surface area contributed by atoms with E-state index in [1.54, 1.807) is 0 Å². The molecule has 0 spiro atoms. The normalized spacial score (nSPS) is 14.4. The Hall–Kier alpha value is -4.02. The zero-order valence-corrected chi connectivity index (χ0v) is 64.9. The molecule has 100 heavy (non-hydrogen) atoms. The fourth-order valence-corrected chi connectivity index (χ4v) is 12.1. The third-order valence-corrected chi connectivity index (χ3v) is 18.4. The van der Waals surface area contributed by atoms with Crippen LogP contribution in [0.5, 0.6) is 0 Å². The molecular formula is C81H142O17P2. The second-order valence-corrected chi connectivity index (χ2v) is 29.2. The van der Waals surface area contributed by atoms with Gasteiger partial charge in [-0.25, -0.2) is 9.13 Å². The van der Waals surface area contributed by atoms with Gasteiger partial charge in [0.25, 0.3) is 0 Å². The van der Waals surface area contributed by atoms with E-state index in [1.807, 2.05) is 0 Å². The first-order chi connectivity index (χ1) is 48.7. The first kappa shape index (κ1) is 96.0. The van der Waals surface area contributed by atoms with Crippen LogP contribution in [-0.2, 0) is 65.4 Å². The van der Waals surface area contributed by atoms with Gasteiger partial charge in [-0.15, -0.1) is 0 Å². The number of carbonyl (C=O) groups excluding carboxylic acids is 4. The van der Waals surface area contributed by atoms with Crippen molar-refractivity contribution in [3.8, 4) is 0 Å². The van der Waals surface area contributed by atoms with Gasteiger partial charge in [0.15, 0.2) is 12.2 Å². The number of unbranched alkanes of at least 4 members (excludes halogenated alkanes) is 32. The number of hydrogen-bond acceptors (Lipinski definition) is 15. The minimum atomic E-state index is -4.98. The summed E-state index contributed by atoms with van der Waals surface area (Å²) in [6.45, 7) is 4.66. The maximum atomic E-state index is 13.1. The topological polar surface area (TPSA) is 237 Å². The first-order valence-electron chi connectivity index (χ1n) is 39.5. The Balaban J connectivity index is 5.35. The summed E-state index contributed by atoms with van der Waals surface area (Å²) >= 11 is 0. The molecule has 0 amide bonds. The number of allylic oxidation sites excluding steroid dienone is 16. The second-order valence-electron chi connectivity index (χ2n) is 26.3. The zero-order chi connectivity index (χ0) is 73.2. The van der Waals surface area contributed by atoms with Gasteiger partial charge in [0.05, 0.1) is 26.4 Å². The van der Waals surface area contributed by atoms with Gasteiger partial charge < -0.3 is 33.8 Å². The number of rotatable bonds is 74. The predicted octanol–water partition coefficient (Wildman–Crippen LogP) is 22.8. The van der Waals surface area contributed by atoms with Gasteiger partial charge in [-0.2, -0.15) is 0 Å². The smallest absolute Gasteiger partial charge is 0.462 e. The summed E-state index contributed by atoms with van der Waals surface area (Å²) in [5, 5.41) is 10.6. The molecule has 0 aliphatic heterocycles. The number of phosphoric acid groups is 2. The van der Waals surface area contributed by atoms with Gasteiger partial charge >= 0.3 is 39.5 Å². The second kappa shape index (κ2) is 73.3. The standard InChI is InChI=1S/C81H142O17P2/c1-5-9-13-17-21-25-29-33-35-36-37-38-40-43-46-50-54-58-62-66-79(84)92-72-77(98-81(86)68-64-60-56-52-48-44-39-34-30-26-22-18-14-10-6-2)74-96-100(89,90)94-70-75(82)69-93-99(87,88)95-73-76(97-80(85)67-63-59-55-51-47-42-32-28-24-20-16-12-8-4)71-91-78(83)65-61-57-53-49-45-41-31-27-23-19-15-11-7-3/h10,14-15,19,21-22,25-27,31,33-35,37-39,75-77,82H,5-9,11-13,16-18,20,23-24,28-30,32,36,40-74H2,1-4H3,(H,87,88)(H,89,90)/b14-10-,19-15-,25-21-,26-22-,31-27-,35-33-,38-37-,39-34-. The van der Waals surface area contributed by atoms with Gasteiger partial charge in [0, 0.05) is 25.7 Å². The van der Waals surface area contributed by atoms with E-state index in [0.29, 0.717) is 25.7 Å². The molecule has 0 bridgehead atoms. The van der Waals surface area contributed by atoms with E-state index < -0.39 is 97.5 Å². The van der Waals surface area contributed by atoms with E-state index in [4.69, 9.17) is 37.0 Å². The average Bonchev–Trinajstić information content (AvgIpc) is 0.946. The predicted molar refractivity (Wildman–Crippen MR) is 409 cm³/mol. The molecule has 0 aliphatic carbocycles. The van der Waals surface area contributed by atoms with Crippen molar-refractivity contribution in [3.63, 3.8) is 0 Å². The van der Waals surface area contributed by atoms with E-state index in [-0.39, 0.29) is 25.7 Å². The van der Waals surface area contributed by atoms with Crippen molar-refractivity contribution < 1.29 is 80.2 Å². The molecular weight excluding hydrogens is 1310 g/mol. The zero-order valence-electron chi connectivity index (χ0n) is 63.1. The monoisotopic (exact) mass is 1450 g/mol. The lowest BCUT2D eigenvalue weighted by atomic mass is 10.0. The van der Waals surface area contributed by atoms with Crippen molar-refractivity contribution in [2.24, 2.45) is 0 Å². The van der Waals surface area contributed by atoms with Crippen molar-refractivity contribution >= 4 is 39.5 Å². The molecule has 17 nitrogen and oxygen atoms in total. The fraction of sp³-hybridized carbons (Fsp3) is 0.753.